The first kappa shape index (κ1) is 13.6. The molecular weight excluding hydrogens is 268 g/mol. The van der Waals surface area contributed by atoms with E-state index in [1.54, 1.807) is 11.3 Å². The molecule has 1 fully saturated rings. The van der Waals surface area contributed by atoms with E-state index in [-0.39, 0.29) is 0 Å². The molecule has 0 spiro atoms. The second-order valence-electron chi connectivity index (χ2n) is 5.03. The van der Waals surface area contributed by atoms with Crippen molar-refractivity contribution in [2.45, 2.75) is 32.2 Å². The van der Waals surface area contributed by atoms with Gasteiger partial charge in [0.05, 0.1) is 17.3 Å². The molecule has 1 aromatic carbocycles. The summed E-state index contributed by atoms with van der Waals surface area (Å²) in [6.07, 6.45) is 3.69. The maximum atomic E-state index is 5.67. The predicted octanol–water partition coefficient (Wildman–Crippen LogP) is 3.50. The predicted molar refractivity (Wildman–Crippen MR) is 83.4 cm³/mol. The fraction of sp³-hybridized carbons (Fsp3) is 0.438. The summed E-state index contributed by atoms with van der Waals surface area (Å²) >= 11 is 1.74. The smallest absolute Gasteiger partial charge is 0.128 e. The van der Waals surface area contributed by atoms with E-state index in [4.69, 9.17) is 9.72 Å². The van der Waals surface area contributed by atoms with E-state index in [9.17, 15) is 0 Å². The number of para-hydroxylation sites is 1. The molecule has 3 rings (SSSR count). The highest BCUT2D eigenvalue weighted by molar-refractivity contribution is 7.09. The van der Waals surface area contributed by atoms with Crippen LogP contribution >= 0.6 is 11.3 Å². The van der Waals surface area contributed by atoms with Gasteiger partial charge in [0, 0.05) is 30.0 Å². The number of nitrogens with one attached hydrogen (secondary N) is 1. The van der Waals surface area contributed by atoms with Gasteiger partial charge in [-0.25, -0.2) is 4.98 Å². The molecule has 0 atom stereocenters. The molecule has 1 N–H and O–H groups in total. The molecule has 1 aromatic heterocycles. The van der Waals surface area contributed by atoms with Crippen molar-refractivity contribution in [1.29, 1.82) is 0 Å². The van der Waals surface area contributed by atoms with Crippen LogP contribution in [0.2, 0.25) is 0 Å². The second kappa shape index (κ2) is 6.37. The van der Waals surface area contributed by atoms with Gasteiger partial charge >= 0.3 is 0 Å². The van der Waals surface area contributed by atoms with Gasteiger partial charge in [0.25, 0.3) is 0 Å². The first-order chi connectivity index (χ1) is 9.86. The Morgan fingerprint density at radius 1 is 1.35 bits per heavy atom. The van der Waals surface area contributed by atoms with E-state index in [1.165, 1.54) is 17.8 Å². The number of thiazole rings is 1. The summed E-state index contributed by atoms with van der Waals surface area (Å²) < 4.78 is 5.67. The first-order valence-corrected chi connectivity index (χ1v) is 8.14. The number of hydrogen-bond acceptors (Lipinski definition) is 4. The zero-order valence-corrected chi connectivity index (χ0v) is 12.6. The summed E-state index contributed by atoms with van der Waals surface area (Å²) in [5.41, 5.74) is 2.12. The fourth-order valence-corrected chi connectivity index (χ4v) is 2.98. The van der Waals surface area contributed by atoms with Gasteiger partial charge in [-0.1, -0.05) is 12.1 Å². The molecule has 1 aliphatic rings. The van der Waals surface area contributed by atoms with E-state index < -0.39 is 0 Å². The van der Waals surface area contributed by atoms with E-state index in [2.05, 4.69) is 16.8 Å². The molecule has 4 heteroatoms. The van der Waals surface area contributed by atoms with Crippen LogP contribution in [0.4, 0.5) is 0 Å². The minimum Gasteiger partial charge on any atom is -0.493 e. The monoisotopic (exact) mass is 288 g/mol. The third-order valence-electron chi connectivity index (χ3n) is 3.36. The Hall–Kier alpha value is -1.39. The van der Waals surface area contributed by atoms with Gasteiger partial charge in [-0.3, -0.25) is 0 Å². The summed E-state index contributed by atoms with van der Waals surface area (Å²) in [4.78, 5) is 4.74. The maximum absolute atomic E-state index is 5.67. The van der Waals surface area contributed by atoms with Crippen molar-refractivity contribution in [2.24, 2.45) is 0 Å². The minimum absolute atomic E-state index is 0.680. The Morgan fingerprint density at radius 3 is 3.00 bits per heavy atom. The molecule has 1 saturated carbocycles. The van der Waals surface area contributed by atoms with E-state index in [0.29, 0.717) is 6.61 Å². The molecule has 106 valence electrons. The van der Waals surface area contributed by atoms with Gasteiger partial charge < -0.3 is 10.1 Å². The van der Waals surface area contributed by atoms with Crippen LogP contribution in [0.3, 0.4) is 0 Å². The Labute approximate surface area is 124 Å². The summed E-state index contributed by atoms with van der Waals surface area (Å²) in [6, 6.07) is 8.89. The Kier molecular flexibility index (Phi) is 4.33. The third-order valence-corrected chi connectivity index (χ3v) is 4.27. The normalized spacial score (nSPS) is 14.4. The van der Waals surface area contributed by atoms with Crippen molar-refractivity contribution in [1.82, 2.24) is 10.3 Å². The number of ether oxygens (including phenoxy) is 1. The standard InChI is InChI=1S/C16H20N2OS/c1-2-19-15-6-4-3-5-13(15)14-11-20-16(18-14)9-10-17-12-7-8-12/h3-6,11-12,17H,2,7-10H2,1H3. The molecule has 0 unspecified atom stereocenters. The summed E-state index contributed by atoms with van der Waals surface area (Å²) in [5.74, 6) is 0.919. The largest absolute Gasteiger partial charge is 0.493 e. The van der Waals surface area contributed by atoms with E-state index in [0.717, 1.165) is 36.0 Å². The lowest BCUT2D eigenvalue weighted by atomic mass is 10.1. The van der Waals surface area contributed by atoms with Gasteiger partial charge in [0.15, 0.2) is 0 Å². The zero-order valence-electron chi connectivity index (χ0n) is 11.8. The van der Waals surface area contributed by atoms with Gasteiger partial charge in [0.2, 0.25) is 0 Å². The fourth-order valence-electron chi connectivity index (χ4n) is 2.18. The van der Waals surface area contributed by atoms with Gasteiger partial charge in [-0.15, -0.1) is 11.3 Å². The minimum atomic E-state index is 0.680. The number of hydrogen-bond donors (Lipinski definition) is 1. The van der Waals surface area contributed by atoms with Gasteiger partial charge in [-0.2, -0.15) is 0 Å². The number of rotatable bonds is 7. The molecule has 0 bridgehead atoms. The highest BCUT2D eigenvalue weighted by Gasteiger charge is 2.19. The van der Waals surface area contributed by atoms with E-state index in [1.807, 2.05) is 25.1 Å². The van der Waals surface area contributed by atoms with Gasteiger partial charge in [-0.05, 0) is 31.9 Å². The van der Waals surface area contributed by atoms with Crippen LogP contribution < -0.4 is 10.1 Å². The van der Waals surface area contributed by atoms with Crippen molar-refractivity contribution >= 4 is 11.3 Å². The van der Waals surface area contributed by atoms with E-state index >= 15 is 0 Å². The van der Waals surface area contributed by atoms with Crippen molar-refractivity contribution in [3.8, 4) is 17.0 Å². The van der Waals surface area contributed by atoms with Crippen LogP contribution in [0, 0.1) is 0 Å². The SMILES string of the molecule is CCOc1ccccc1-c1csc(CCNC2CC2)n1. The van der Waals surface area contributed by atoms with Crippen molar-refractivity contribution in [2.75, 3.05) is 13.2 Å². The van der Waals surface area contributed by atoms with Crippen LogP contribution in [-0.2, 0) is 6.42 Å². The lowest BCUT2D eigenvalue weighted by Gasteiger charge is -2.07. The van der Waals surface area contributed by atoms with Crippen molar-refractivity contribution in [3.63, 3.8) is 0 Å². The number of aromatic nitrogens is 1. The van der Waals surface area contributed by atoms with Gasteiger partial charge in [0.1, 0.15) is 5.75 Å². The zero-order chi connectivity index (χ0) is 13.8. The maximum Gasteiger partial charge on any atom is 0.128 e. The van der Waals surface area contributed by atoms with Crippen LogP contribution in [0.25, 0.3) is 11.3 Å². The third kappa shape index (κ3) is 3.38. The molecule has 3 nitrogen and oxygen atoms in total. The molecule has 2 aromatic rings. The molecule has 0 amide bonds. The lowest BCUT2D eigenvalue weighted by Crippen LogP contribution is -2.19. The molecule has 0 saturated heterocycles. The molecule has 1 aliphatic carbocycles. The highest BCUT2D eigenvalue weighted by Crippen LogP contribution is 2.30. The average Bonchev–Trinajstić information content (AvgIpc) is 3.17. The topological polar surface area (TPSA) is 34.1 Å². The number of benzene rings is 1. The van der Waals surface area contributed by atoms with Crippen LogP contribution in [-0.4, -0.2) is 24.2 Å². The molecule has 0 radical (unpaired) electrons. The lowest BCUT2D eigenvalue weighted by molar-refractivity contribution is 0.341. The van der Waals surface area contributed by atoms with Crippen LogP contribution in [0.1, 0.15) is 24.8 Å². The Bertz CT molecular complexity index is 563. The Morgan fingerprint density at radius 2 is 2.20 bits per heavy atom. The van der Waals surface area contributed by atoms with Crippen LogP contribution in [0.5, 0.6) is 5.75 Å². The first-order valence-electron chi connectivity index (χ1n) is 7.27. The molecular formula is C16H20N2OS. The van der Waals surface area contributed by atoms with Crippen molar-refractivity contribution < 1.29 is 4.74 Å². The highest BCUT2D eigenvalue weighted by atomic mass is 32.1. The summed E-state index contributed by atoms with van der Waals surface area (Å²) in [6.45, 7) is 3.72. The molecule has 20 heavy (non-hydrogen) atoms. The number of nitrogens with zero attached hydrogens (tertiary/aromatic N) is 1. The average molecular weight is 288 g/mol. The molecule has 1 heterocycles. The quantitative estimate of drug-likeness (QED) is 0.846. The summed E-state index contributed by atoms with van der Waals surface area (Å²) in [7, 11) is 0. The van der Waals surface area contributed by atoms with Crippen LogP contribution in [0.15, 0.2) is 29.6 Å². The molecule has 0 aliphatic heterocycles. The Balaban J connectivity index is 1.68. The second-order valence-corrected chi connectivity index (χ2v) is 5.98. The van der Waals surface area contributed by atoms with Crippen molar-refractivity contribution in [3.05, 3.63) is 34.7 Å². The summed E-state index contributed by atoms with van der Waals surface area (Å²) in [5, 5.41) is 6.85.